The molecule has 2 saturated heterocycles. The fourth-order valence-corrected chi connectivity index (χ4v) is 2.93. The highest BCUT2D eigenvalue weighted by Gasteiger charge is 2.51. The van der Waals surface area contributed by atoms with Crippen molar-refractivity contribution in [2.75, 3.05) is 18.0 Å². The van der Waals surface area contributed by atoms with Crippen LogP contribution in [0.1, 0.15) is 40.5 Å². The zero-order valence-corrected chi connectivity index (χ0v) is 13.9. The highest BCUT2D eigenvalue weighted by atomic mass is 19.1. The first-order valence-corrected chi connectivity index (χ1v) is 8.13. The van der Waals surface area contributed by atoms with Crippen LogP contribution in [0.5, 0.6) is 0 Å². The second kappa shape index (κ2) is 5.53. The van der Waals surface area contributed by atoms with Crippen LogP contribution in [-0.2, 0) is 9.31 Å². The highest BCUT2D eigenvalue weighted by Crippen LogP contribution is 2.36. The third-order valence-electron chi connectivity index (χ3n) is 5.21. The van der Waals surface area contributed by atoms with E-state index in [0.717, 1.165) is 24.2 Å². The maximum Gasteiger partial charge on any atom is 0.494 e. The van der Waals surface area contributed by atoms with Crippen molar-refractivity contribution < 1.29 is 13.7 Å². The summed E-state index contributed by atoms with van der Waals surface area (Å²) in [4.78, 5) is 2.24. The van der Waals surface area contributed by atoms with E-state index in [1.165, 1.54) is 0 Å². The van der Waals surface area contributed by atoms with Crippen LogP contribution in [0.4, 0.5) is 10.1 Å². The minimum absolute atomic E-state index is 0.320. The van der Waals surface area contributed by atoms with Gasteiger partial charge in [0, 0.05) is 18.8 Å². The minimum Gasteiger partial charge on any atom is -0.399 e. The summed E-state index contributed by atoms with van der Waals surface area (Å²) in [5.41, 5.74) is 1.54. The molecule has 0 amide bonds. The number of halogens is 1. The Morgan fingerprint density at radius 1 is 1.00 bits per heavy atom. The lowest BCUT2D eigenvalue weighted by molar-refractivity contribution is 0.00578. The van der Waals surface area contributed by atoms with Crippen molar-refractivity contribution in [1.29, 1.82) is 0 Å². The monoisotopic (exact) mass is 305 g/mol. The molecule has 1 aromatic carbocycles. The second-order valence-corrected chi connectivity index (χ2v) is 7.34. The molecule has 0 bridgehead atoms. The van der Waals surface area contributed by atoms with Crippen molar-refractivity contribution in [1.82, 2.24) is 0 Å². The summed E-state index contributed by atoms with van der Waals surface area (Å²) in [5.74, 6) is 0. The number of piperidine rings is 1. The van der Waals surface area contributed by atoms with Gasteiger partial charge in [-0.1, -0.05) is 12.1 Å². The van der Waals surface area contributed by atoms with Gasteiger partial charge in [0.15, 0.2) is 0 Å². The van der Waals surface area contributed by atoms with Gasteiger partial charge in [0.2, 0.25) is 0 Å². The van der Waals surface area contributed by atoms with Crippen LogP contribution in [-0.4, -0.2) is 37.6 Å². The fourth-order valence-electron chi connectivity index (χ4n) is 2.93. The zero-order chi connectivity index (χ0) is 16.0. The Morgan fingerprint density at radius 3 is 2.00 bits per heavy atom. The summed E-state index contributed by atoms with van der Waals surface area (Å²) in [6.07, 6.45) is 0.609. The van der Waals surface area contributed by atoms with Crippen molar-refractivity contribution in [2.24, 2.45) is 0 Å². The molecular weight excluding hydrogens is 280 g/mol. The van der Waals surface area contributed by atoms with Crippen LogP contribution in [0.2, 0.25) is 0 Å². The lowest BCUT2D eigenvalue weighted by Gasteiger charge is -2.32. The molecule has 0 radical (unpaired) electrons. The summed E-state index contributed by atoms with van der Waals surface area (Å²) < 4.78 is 25.4. The molecule has 3 nitrogen and oxygen atoms in total. The summed E-state index contributed by atoms with van der Waals surface area (Å²) in [5, 5.41) is 0. The Balaban J connectivity index is 1.70. The van der Waals surface area contributed by atoms with Crippen LogP contribution in [0.15, 0.2) is 24.3 Å². The SMILES string of the molecule is CC1(C)OB(c2ccc(N3CCC(F)CC3)cc2)OC1(C)C. The van der Waals surface area contributed by atoms with E-state index in [0.29, 0.717) is 12.8 Å². The number of alkyl halides is 1. The molecule has 0 unspecified atom stereocenters. The van der Waals surface area contributed by atoms with E-state index in [4.69, 9.17) is 9.31 Å². The van der Waals surface area contributed by atoms with Crippen molar-refractivity contribution in [3.05, 3.63) is 24.3 Å². The lowest BCUT2D eigenvalue weighted by Crippen LogP contribution is -2.41. The molecule has 2 heterocycles. The molecule has 0 N–H and O–H groups in total. The number of hydrogen-bond donors (Lipinski definition) is 0. The Kier molecular flexibility index (Phi) is 3.98. The summed E-state index contributed by atoms with van der Waals surface area (Å²) in [6.45, 7) is 9.81. The first kappa shape index (κ1) is 15.8. The van der Waals surface area contributed by atoms with Crippen molar-refractivity contribution in [3.8, 4) is 0 Å². The van der Waals surface area contributed by atoms with Crippen molar-refractivity contribution in [3.63, 3.8) is 0 Å². The van der Waals surface area contributed by atoms with Gasteiger partial charge in [0.25, 0.3) is 0 Å². The highest BCUT2D eigenvalue weighted by molar-refractivity contribution is 6.62. The van der Waals surface area contributed by atoms with Crippen LogP contribution >= 0.6 is 0 Å². The van der Waals surface area contributed by atoms with E-state index in [1.807, 2.05) is 0 Å². The van der Waals surface area contributed by atoms with E-state index in [9.17, 15) is 4.39 Å². The molecule has 22 heavy (non-hydrogen) atoms. The predicted molar refractivity (Wildman–Crippen MR) is 88.5 cm³/mol. The molecule has 3 rings (SSSR count). The van der Waals surface area contributed by atoms with Gasteiger partial charge in [0.1, 0.15) is 6.17 Å². The van der Waals surface area contributed by atoms with Crippen molar-refractivity contribution >= 4 is 18.3 Å². The average Bonchev–Trinajstić information content (AvgIpc) is 2.68. The maximum atomic E-state index is 13.2. The van der Waals surface area contributed by atoms with E-state index >= 15 is 0 Å². The van der Waals surface area contributed by atoms with Crippen LogP contribution in [0, 0.1) is 0 Å². The van der Waals surface area contributed by atoms with Gasteiger partial charge in [0.05, 0.1) is 11.2 Å². The quantitative estimate of drug-likeness (QED) is 0.784. The van der Waals surface area contributed by atoms with Gasteiger partial charge in [-0.25, -0.2) is 4.39 Å². The number of hydrogen-bond acceptors (Lipinski definition) is 3. The fraction of sp³-hybridized carbons (Fsp3) is 0.647. The summed E-state index contributed by atoms with van der Waals surface area (Å²) in [7, 11) is -0.323. The molecule has 0 atom stereocenters. The van der Waals surface area contributed by atoms with E-state index in [2.05, 4.69) is 56.9 Å². The van der Waals surface area contributed by atoms with E-state index < -0.39 is 6.17 Å². The number of nitrogens with zero attached hydrogens (tertiary/aromatic N) is 1. The van der Waals surface area contributed by atoms with Gasteiger partial charge in [-0.3, -0.25) is 0 Å². The van der Waals surface area contributed by atoms with E-state index in [-0.39, 0.29) is 18.3 Å². The van der Waals surface area contributed by atoms with Crippen LogP contribution in [0.25, 0.3) is 0 Å². The molecule has 2 aliphatic rings. The molecule has 120 valence electrons. The third-order valence-corrected chi connectivity index (χ3v) is 5.21. The summed E-state index contributed by atoms with van der Waals surface area (Å²) >= 11 is 0. The lowest BCUT2D eigenvalue weighted by atomic mass is 9.79. The first-order valence-electron chi connectivity index (χ1n) is 8.13. The Morgan fingerprint density at radius 2 is 1.50 bits per heavy atom. The standard InChI is InChI=1S/C17H25BFNO2/c1-16(2)17(3,4)22-18(21-16)13-5-7-15(8-6-13)20-11-9-14(19)10-12-20/h5-8,14H,9-12H2,1-4H3. The molecular formula is C17H25BFNO2. The molecule has 5 heteroatoms. The smallest absolute Gasteiger partial charge is 0.399 e. The van der Waals surface area contributed by atoms with Gasteiger partial charge < -0.3 is 14.2 Å². The van der Waals surface area contributed by atoms with Gasteiger partial charge in [-0.05, 0) is 58.1 Å². The zero-order valence-electron chi connectivity index (χ0n) is 13.9. The van der Waals surface area contributed by atoms with E-state index in [1.54, 1.807) is 0 Å². The maximum absolute atomic E-state index is 13.2. The largest absolute Gasteiger partial charge is 0.494 e. The van der Waals surface area contributed by atoms with Crippen LogP contribution < -0.4 is 10.4 Å². The molecule has 0 aliphatic carbocycles. The molecule has 2 fully saturated rings. The number of rotatable bonds is 2. The number of benzene rings is 1. The van der Waals surface area contributed by atoms with Crippen LogP contribution in [0.3, 0.4) is 0 Å². The molecule has 0 aromatic heterocycles. The third kappa shape index (κ3) is 2.89. The average molecular weight is 305 g/mol. The predicted octanol–water partition coefficient (Wildman–Crippen LogP) is 2.92. The molecule has 0 saturated carbocycles. The summed E-state index contributed by atoms with van der Waals surface area (Å²) in [6, 6.07) is 8.27. The Labute approximate surface area is 132 Å². The normalized spacial score (nSPS) is 24.8. The van der Waals surface area contributed by atoms with Gasteiger partial charge >= 0.3 is 7.12 Å². The van der Waals surface area contributed by atoms with Gasteiger partial charge in [-0.2, -0.15) is 0 Å². The number of anilines is 1. The molecule has 0 spiro atoms. The second-order valence-electron chi connectivity index (χ2n) is 7.34. The Bertz CT molecular complexity index is 508. The topological polar surface area (TPSA) is 21.7 Å². The van der Waals surface area contributed by atoms with Crippen molar-refractivity contribution in [2.45, 2.75) is 57.9 Å². The molecule has 2 aliphatic heterocycles. The minimum atomic E-state index is -0.639. The molecule has 1 aromatic rings. The Hall–Kier alpha value is -1.07. The van der Waals surface area contributed by atoms with Gasteiger partial charge in [-0.15, -0.1) is 0 Å². The first-order chi connectivity index (χ1) is 10.3.